The quantitative estimate of drug-likeness (QED) is 0.455. The molecule has 1 aliphatic rings. The summed E-state index contributed by atoms with van der Waals surface area (Å²) in [6.07, 6.45) is -2.71. The van der Waals surface area contributed by atoms with Crippen molar-refractivity contribution in [2.24, 2.45) is 0 Å². The van der Waals surface area contributed by atoms with Crippen LogP contribution in [0.1, 0.15) is 0 Å². The molecule has 1 aliphatic heterocycles. The number of rotatable bonds is 3. The predicted octanol–water partition coefficient (Wildman–Crippen LogP) is -1.12. The van der Waals surface area contributed by atoms with E-state index in [0.29, 0.717) is 4.43 Å². The molecule has 4 atom stereocenters. The average molecular weight is 304 g/mol. The van der Waals surface area contributed by atoms with Crippen molar-refractivity contribution in [2.45, 2.75) is 24.1 Å². The van der Waals surface area contributed by atoms with Gasteiger partial charge in [0.25, 0.3) is 0 Å². The standard InChI is InChI=1S/C7H13IO5/c1-12-7(3-9)6(11)5(10)4(2-8)13-7/h4-6,9-11H,2-3H2,1H3/t4-,5-,6+,7+/m1/s1. The van der Waals surface area contributed by atoms with Crippen molar-refractivity contribution in [1.29, 1.82) is 0 Å². The van der Waals surface area contributed by atoms with Gasteiger partial charge in [-0.25, -0.2) is 0 Å². The highest BCUT2D eigenvalue weighted by Gasteiger charge is 2.54. The maximum Gasteiger partial charge on any atom is 0.221 e. The van der Waals surface area contributed by atoms with Gasteiger partial charge in [-0.2, -0.15) is 0 Å². The molecule has 0 unspecified atom stereocenters. The SMILES string of the molecule is CO[C@@]1(CO)O[C@H](CI)[C@@H](O)[C@@H]1O. The number of hydrogen-bond acceptors (Lipinski definition) is 5. The van der Waals surface area contributed by atoms with Gasteiger partial charge in [0.2, 0.25) is 5.79 Å². The van der Waals surface area contributed by atoms with Crippen molar-refractivity contribution in [3.8, 4) is 0 Å². The summed E-state index contributed by atoms with van der Waals surface area (Å²) >= 11 is 2.03. The molecule has 0 bridgehead atoms. The molecule has 1 saturated heterocycles. The molecule has 3 N–H and O–H groups in total. The maximum absolute atomic E-state index is 9.55. The van der Waals surface area contributed by atoms with E-state index in [0.717, 1.165) is 0 Å². The monoisotopic (exact) mass is 304 g/mol. The summed E-state index contributed by atoms with van der Waals surface area (Å²) in [5.74, 6) is -1.46. The molecule has 0 saturated carbocycles. The Morgan fingerprint density at radius 1 is 1.54 bits per heavy atom. The lowest BCUT2D eigenvalue weighted by molar-refractivity contribution is -0.259. The van der Waals surface area contributed by atoms with E-state index < -0.39 is 30.7 Å². The van der Waals surface area contributed by atoms with E-state index in [4.69, 9.17) is 14.6 Å². The molecule has 0 amide bonds. The van der Waals surface area contributed by atoms with Crippen LogP contribution >= 0.6 is 22.6 Å². The second-order valence-corrected chi connectivity index (χ2v) is 3.80. The van der Waals surface area contributed by atoms with Gasteiger partial charge in [0.05, 0.1) is 6.10 Å². The minimum Gasteiger partial charge on any atom is -0.391 e. The summed E-state index contributed by atoms with van der Waals surface area (Å²) in [6, 6.07) is 0. The zero-order valence-corrected chi connectivity index (χ0v) is 9.34. The summed E-state index contributed by atoms with van der Waals surface area (Å²) in [5, 5.41) is 28.0. The van der Waals surface area contributed by atoms with Gasteiger partial charge in [-0.05, 0) is 0 Å². The van der Waals surface area contributed by atoms with Crippen LogP contribution < -0.4 is 0 Å². The molecule has 0 radical (unpaired) electrons. The average Bonchev–Trinajstić information content (AvgIpc) is 2.42. The highest BCUT2D eigenvalue weighted by atomic mass is 127. The number of hydrogen-bond donors (Lipinski definition) is 3. The summed E-state index contributed by atoms with van der Waals surface area (Å²) in [7, 11) is 1.32. The lowest BCUT2D eigenvalue weighted by Gasteiger charge is -2.27. The third kappa shape index (κ3) is 1.83. The molecule has 0 aromatic heterocycles. The van der Waals surface area contributed by atoms with E-state index in [2.05, 4.69) is 0 Å². The Bertz CT molecular complexity index is 172. The fourth-order valence-electron chi connectivity index (χ4n) is 1.35. The van der Waals surface area contributed by atoms with Gasteiger partial charge in [-0.1, -0.05) is 22.6 Å². The highest BCUT2D eigenvalue weighted by Crippen LogP contribution is 2.32. The van der Waals surface area contributed by atoms with Crippen LogP contribution in [0.2, 0.25) is 0 Å². The van der Waals surface area contributed by atoms with Crippen molar-refractivity contribution >= 4 is 22.6 Å². The molecule has 0 aliphatic carbocycles. The molecule has 78 valence electrons. The van der Waals surface area contributed by atoms with Crippen molar-refractivity contribution in [1.82, 2.24) is 0 Å². The molecular formula is C7H13IO5. The first-order chi connectivity index (χ1) is 6.11. The van der Waals surface area contributed by atoms with Gasteiger partial charge >= 0.3 is 0 Å². The van der Waals surface area contributed by atoms with Gasteiger partial charge in [-0.15, -0.1) is 0 Å². The molecule has 1 rings (SSSR count). The van der Waals surface area contributed by atoms with Crippen molar-refractivity contribution in [3.05, 3.63) is 0 Å². The molecule has 6 heteroatoms. The van der Waals surface area contributed by atoms with Crippen molar-refractivity contribution in [2.75, 3.05) is 18.1 Å². The second kappa shape index (κ2) is 4.37. The van der Waals surface area contributed by atoms with E-state index in [1.807, 2.05) is 22.6 Å². The predicted molar refractivity (Wildman–Crippen MR) is 52.6 cm³/mol. The number of aliphatic hydroxyl groups excluding tert-OH is 3. The fraction of sp³-hybridized carbons (Fsp3) is 1.00. The lowest BCUT2D eigenvalue weighted by atomic mass is 10.1. The number of ether oxygens (including phenoxy) is 2. The number of methoxy groups -OCH3 is 1. The van der Waals surface area contributed by atoms with Crippen molar-refractivity contribution in [3.63, 3.8) is 0 Å². The molecule has 0 aromatic rings. The smallest absolute Gasteiger partial charge is 0.221 e. The minimum atomic E-state index is -1.46. The molecule has 0 aromatic carbocycles. The number of alkyl halides is 1. The summed E-state index contributed by atoms with van der Waals surface area (Å²) < 4.78 is 10.6. The Kier molecular flexibility index (Phi) is 3.90. The molecule has 13 heavy (non-hydrogen) atoms. The molecule has 0 spiro atoms. The van der Waals surface area contributed by atoms with Crippen LogP contribution in [0.3, 0.4) is 0 Å². The zero-order valence-electron chi connectivity index (χ0n) is 7.18. The normalized spacial score (nSPS) is 45.5. The highest BCUT2D eigenvalue weighted by molar-refractivity contribution is 14.1. The zero-order chi connectivity index (χ0) is 10.1. The van der Waals surface area contributed by atoms with E-state index in [1.165, 1.54) is 7.11 Å². The van der Waals surface area contributed by atoms with Crippen LogP contribution in [0, 0.1) is 0 Å². The summed E-state index contributed by atoms with van der Waals surface area (Å²) in [5.41, 5.74) is 0. The van der Waals surface area contributed by atoms with Gasteiger partial charge in [-0.3, -0.25) is 0 Å². The molecular weight excluding hydrogens is 291 g/mol. The number of aliphatic hydroxyl groups is 3. The van der Waals surface area contributed by atoms with Gasteiger partial charge < -0.3 is 24.8 Å². The van der Waals surface area contributed by atoms with Gasteiger partial charge in [0.1, 0.15) is 18.8 Å². The Morgan fingerprint density at radius 2 is 2.15 bits per heavy atom. The van der Waals surface area contributed by atoms with Crippen LogP contribution in [0.5, 0.6) is 0 Å². The maximum atomic E-state index is 9.55. The van der Waals surface area contributed by atoms with Gasteiger partial charge in [0.15, 0.2) is 0 Å². The van der Waals surface area contributed by atoms with E-state index in [-0.39, 0.29) is 0 Å². The Labute approximate surface area is 89.8 Å². The Balaban J connectivity index is 2.79. The third-order valence-corrected chi connectivity index (χ3v) is 3.09. The van der Waals surface area contributed by atoms with E-state index >= 15 is 0 Å². The van der Waals surface area contributed by atoms with Crippen LogP contribution in [-0.2, 0) is 9.47 Å². The van der Waals surface area contributed by atoms with Crippen molar-refractivity contribution < 1.29 is 24.8 Å². The Hall–Kier alpha value is 0.530. The van der Waals surface area contributed by atoms with Crippen LogP contribution in [0.25, 0.3) is 0 Å². The van der Waals surface area contributed by atoms with E-state index in [1.54, 1.807) is 0 Å². The first-order valence-electron chi connectivity index (χ1n) is 3.87. The first-order valence-corrected chi connectivity index (χ1v) is 5.39. The third-order valence-electron chi connectivity index (χ3n) is 2.22. The van der Waals surface area contributed by atoms with E-state index in [9.17, 15) is 10.2 Å². The minimum absolute atomic E-state index is 0.477. The topological polar surface area (TPSA) is 79.2 Å². The Morgan fingerprint density at radius 3 is 2.38 bits per heavy atom. The molecule has 1 heterocycles. The van der Waals surface area contributed by atoms with Crippen LogP contribution in [-0.4, -0.2) is 57.6 Å². The summed E-state index contributed by atoms with van der Waals surface area (Å²) in [4.78, 5) is 0. The summed E-state index contributed by atoms with van der Waals surface area (Å²) in [6.45, 7) is -0.477. The molecule has 5 nitrogen and oxygen atoms in total. The first kappa shape index (κ1) is 11.6. The van der Waals surface area contributed by atoms with Crippen LogP contribution in [0.15, 0.2) is 0 Å². The fourth-order valence-corrected chi connectivity index (χ4v) is 2.05. The largest absolute Gasteiger partial charge is 0.391 e. The second-order valence-electron chi connectivity index (χ2n) is 2.92. The number of halogens is 1. The van der Waals surface area contributed by atoms with Gasteiger partial charge in [0, 0.05) is 11.5 Å². The molecule has 1 fully saturated rings. The lowest BCUT2D eigenvalue weighted by Crippen LogP contribution is -2.47. The van der Waals surface area contributed by atoms with Crippen LogP contribution in [0.4, 0.5) is 0 Å².